The molecule has 0 aromatic rings. The molecule has 1 saturated heterocycles. The second-order valence-corrected chi connectivity index (χ2v) is 7.05. The molecule has 5 nitrogen and oxygen atoms in total. The average molecular weight is 277 g/mol. The monoisotopic (exact) mass is 277 g/mol. The van der Waals surface area contributed by atoms with E-state index in [9.17, 15) is 8.42 Å². The van der Waals surface area contributed by atoms with Crippen LogP contribution in [0.1, 0.15) is 40.0 Å². The highest BCUT2D eigenvalue weighted by atomic mass is 32.2. The third-order valence-electron chi connectivity index (χ3n) is 3.14. The van der Waals surface area contributed by atoms with Crippen LogP contribution in [0, 0.1) is 5.92 Å². The van der Waals surface area contributed by atoms with Crippen LogP contribution in [0.4, 0.5) is 0 Å². The summed E-state index contributed by atoms with van der Waals surface area (Å²) in [4.78, 5) is 0. The SMILES string of the molecule is CCCN(C1CCNCC1)S(=O)(=O)NCC(C)C. The van der Waals surface area contributed by atoms with Crippen molar-refractivity contribution in [1.82, 2.24) is 14.3 Å². The summed E-state index contributed by atoms with van der Waals surface area (Å²) in [6.07, 6.45) is 2.66. The van der Waals surface area contributed by atoms with E-state index in [1.807, 2.05) is 20.8 Å². The van der Waals surface area contributed by atoms with Crippen LogP contribution in [0.3, 0.4) is 0 Å². The van der Waals surface area contributed by atoms with Crippen molar-refractivity contribution in [2.24, 2.45) is 5.92 Å². The summed E-state index contributed by atoms with van der Waals surface area (Å²) in [5.41, 5.74) is 0. The Kier molecular flexibility index (Phi) is 6.55. The fourth-order valence-corrected chi connectivity index (χ4v) is 3.90. The Hall–Kier alpha value is -0.170. The van der Waals surface area contributed by atoms with E-state index >= 15 is 0 Å². The molecule has 1 rings (SSSR count). The Bertz CT molecular complexity index is 324. The molecule has 0 atom stereocenters. The molecule has 0 bridgehead atoms. The largest absolute Gasteiger partial charge is 0.317 e. The highest BCUT2D eigenvalue weighted by Gasteiger charge is 2.29. The molecular weight excluding hydrogens is 250 g/mol. The van der Waals surface area contributed by atoms with Gasteiger partial charge in [0.1, 0.15) is 0 Å². The van der Waals surface area contributed by atoms with Gasteiger partial charge in [-0.2, -0.15) is 12.7 Å². The summed E-state index contributed by atoms with van der Waals surface area (Å²) in [6.45, 7) is 8.97. The zero-order valence-electron chi connectivity index (χ0n) is 11.8. The maximum absolute atomic E-state index is 12.3. The van der Waals surface area contributed by atoms with Crippen molar-refractivity contribution in [3.8, 4) is 0 Å². The molecule has 0 aromatic carbocycles. The fraction of sp³-hybridized carbons (Fsp3) is 1.00. The predicted octanol–water partition coefficient (Wildman–Crippen LogP) is 0.941. The van der Waals surface area contributed by atoms with Crippen molar-refractivity contribution in [2.75, 3.05) is 26.2 Å². The molecule has 1 aliphatic heterocycles. The lowest BCUT2D eigenvalue weighted by molar-refractivity contribution is 0.259. The third kappa shape index (κ3) is 4.84. The maximum Gasteiger partial charge on any atom is 0.279 e. The van der Waals surface area contributed by atoms with Gasteiger partial charge in [-0.15, -0.1) is 0 Å². The van der Waals surface area contributed by atoms with Gasteiger partial charge in [-0.1, -0.05) is 20.8 Å². The van der Waals surface area contributed by atoms with Crippen LogP contribution in [0.5, 0.6) is 0 Å². The summed E-state index contributed by atoms with van der Waals surface area (Å²) >= 11 is 0. The first kappa shape index (κ1) is 15.9. The fourth-order valence-electron chi connectivity index (χ4n) is 2.17. The van der Waals surface area contributed by atoms with E-state index in [1.165, 1.54) is 0 Å². The molecule has 0 spiro atoms. The van der Waals surface area contributed by atoms with Crippen LogP contribution < -0.4 is 10.0 Å². The molecule has 6 heteroatoms. The molecule has 18 heavy (non-hydrogen) atoms. The van der Waals surface area contributed by atoms with Crippen molar-refractivity contribution in [3.05, 3.63) is 0 Å². The summed E-state index contributed by atoms with van der Waals surface area (Å²) < 4.78 is 29.0. The standard InChI is InChI=1S/C12H27N3O2S/c1-4-9-15(12-5-7-13-8-6-12)18(16,17)14-10-11(2)3/h11-14H,4-10H2,1-3H3. The number of piperidine rings is 1. The van der Waals surface area contributed by atoms with E-state index in [-0.39, 0.29) is 6.04 Å². The molecule has 0 amide bonds. The van der Waals surface area contributed by atoms with Crippen LogP contribution in [0.15, 0.2) is 0 Å². The van der Waals surface area contributed by atoms with E-state index in [0.29, 0.717) is 19.0 Å². The molecule has 2 N–H and O–H groups in total. The maximum atomic E-state index is 12.3. The Labute approximate surface area is 112 Å². The molecule has 108 valence electrons. The Balaban J connectivity index is 2.69. The van der Waals surface area contributed by atoms with Crippen molar-refractivity contribution in [2.45, 2.75) is 46.1 Å². The molecule has 1 heterocycles. The van der Waals surface area contributed by atoms with Crippen LogP contribution in [-0.4, -0.2) is 44.9 Å². The zero-order valence-corrected chi connectivity index (χ0v) is 12.6. The first-order chi connectivity index (χ1) is 8.47. The van der Waals surface area contributed by atoms with Crippen molar-refractivity contribution >= 4 is 10.2 Å². The normalized spacial score (nSPS) is 18.7. The van der Waals surface area contributed by atoms with Gasteiger partial charge in [-0.25, -0.2) is 4.72 Å². The second-order valence-electron chi connectivity index (χ2n) is 5.34. The summed E-state index contributed by atoms with van der Waals surface area (Å²) in [5.74, 6) is 0.330. The molecule has 1 aliphatic rings. The van der Waals surface area contributed by atoms with Gasteiger partial charge in [0, 0.05) is 19.1 Å². The minimum atomic E-state index is -3.32. The number of nitrogens with zero attached hydrogens (tertiary/aromatic N) is 1. The van der Waals surface area contributed by atoms with Crippen LogP contribution in [-0.2, 0) is 10.2 Å². The van der Waals surface area contributed by atoms with Gasteiger partial charge in [0.25, 0.3) is 10.2 Å². The summed E-state index contributed by atoms with van der Waals surface area (Å²) in [5, 5.41) is 3.27. The average Bonchev–Trinajstić information content (AvgIpc) is 2.34. The van der Waals surface area contributed by atoms with Gasteiger partial charge in [-0.3, -0.25) is 0 Å². The van der Waals surface area contributed by atoms with E-state index in [4.69, 9.17) is 0 Å². The number of hydrogen-bond acceptors (Lipinski definition) is 3. The van der Waals surface area contributed by atoms with E-state index < -0.39 is 10.2 Å². The number of rotatable bonds is 7. The Morgan fingerprint density at radius 1 is 1.33 bits per heavy atom. The Morgan fingerprint density at radius 2 is 1.94 bits per heavy atom. The molecule has 0 aliphatic carbocycles. The minimum absolute atomic E-state index is 0.149. The minimum Gasteiger partial charge on any atom is -0.317 e. The first-order valence-electron chi connectivity index (χ1n) is 6.94. The first-order valence-corrected chi connectivity index (χ1v) is 8.38. The summed E-state index contributed by atoms with van der Waals surface area (Å²) in [6, 6.07) is 0.149. The second kappa shape index (κ2) is 7.43. The van der Waals surface area contributed by atoms with Gasteiger partial charge in [0.15, 0.2) is 0 Å². The van der Waals surface area contributed by atoms with Crippen LogP contribution in [0.2, 0.25) is 0 Å². The van der Waals surface area contributed by atoms with Crippen LogP contribution in [0.25, 0.3) is 0 Å². The van der Waals surface area contributed by atoms with E-state index in [2.05, 4.69) is 10.0 Å². The zero-order chi connectivity index (χ0) is 13.6. The quantitative estimate of drug-likeness (QED) is 0.728. The van der Waals surface area contributed by atoms with Gasteiger partial charge < -0.3 is 5.32 Å². The Morgan fingerprint density at radius 3 is 2.44 bits per heavy atom. The van der Waals surface area contributed by atoms with Crippen molar-refractivity contribution < 1.29 is 8.42 Å². The van der Waals surface area contributed by atoms with Gasteiger partial charge >= 0.3 is 0 Å². The highest BCUT2D eigenvalue weighted by molar-refractivity contribution is 7.87. The molecule has 1 fully saturated rings. The third-order valence-corrected chi connectivity index (χ3v) is 4.77. The summed E-state index contributed by atoms with van der Waals surface area (Å²) in [7, 11) is -3.32. The number of nitrogens with one attached hydrogen (secondary N) is 2. The van der Waals surface area contributed by atoms with Crippen LogP contribution >= 0.6 is 0 Å². The molecular formula is C12H27N3O2S. The molecule has 0 aromatic heterocycles. The smallest absolute Gasteiger partial charge is 0.279 e. The lowest BCUT2D eigenvalue weighted by Crippen LogP contribution is -2.51. The lowest BCUT2D eigenvalue weighted by Gasteiger charge is -2.33. The number of hydrogen-bond donors (Lipinski definition) is 2. The van der Waals surface area contributed by atoms with Gasteiger partial charge in [0.05, 0.1) is 0 Å². The highest BCUT2D eigenvalue weighted by Crippen LogP contribution is 2.15. The van der Waals surface area contributed by atoms with Crippen molar-refractivity contribution in [1.29, 1.82) is 0 Å². The molecule has 0 unspecified atom stereocenters. The van der Waals surface area contributed by atoms with Gasteiger partial charge in [-0.05, 0) is 38.3 Å². The van der Waals surface area contributed by atoms with Crippen molar-refractivity contribution in [3.63, 3.8) is 0 Å². The van der Waals surface area contributed by atoms with E-state index in [0.717, 1.165) is 32.4 Å². The topological polar surface area (TPSA) is 61.4 Å². The molecule has 0 radical (unpaired) electrons. The predicted molar refractivity (Wildman–Crippen MR) is 74.6 cm³/mol. The molecule has 0 saturated carbocycles. The van der Waals surface area contributed by atoms with Gasteiger partial charge in [0.2, 0.25) is 0 Å². The lowest BCUT2D eigenvalue weighted by atomic mass is 10.1. The van der Waals surface area contributed by atoms with E-state index in [1.54, 1.807) is 4.31 Å².